The lowest BCUT2D eigenvalue weighted by Gasteiger charge is -2.15. The van der Waals surface area contributed by atoms with Crippen molar-refractivity contribution >= 4 is 17.2 Å². The third-order valence-electron chi connectivity index (χ3n) is 5.68. The first-order valence-corrected chi connectivity index (χ1v) is 11.6. The van der Waals surface area contributed by atoms with Gasteiger partial charge in [-0.3, -0.25) is 4.79 Å². The van der Waals surface area contributed by atoms with Crippen LogP contribution in [0.15, 0.2) is 41.5 Å². The van der Waals surface area contributed by atoms with Crippen LogP contribution >= 0.6 is 0 Å². The number of aromatic nitrogens is 2. The topological polar surface area (TPSA) is 132 Å². The first-order valence-electron chi connectivity index (χ1n) is 11.6. The molecule has 1 unspecified atom stereocenters. The van der Waals surface area contributed by atoms with Crippen molar-refractivity contribution in [3.8, 4) is 11.4 Å². The Morgan fingerprint density at radius 1 is 1.33 bits per heavy atom. The third kappa shape index (κ3) is 5.46. The Morgan fingerprint density at radius 3 is 2.64 bits per heavy atom. The predicted molar refractivity (Wildman–Crippen MR) is 139 cm³/mol. The molecule has 2 aromatic heterocycles. The molecular weight excluding hydrogens is 465 g/mol. The van der Waals surface area contributed by atoms with E-state index in [0.29, 0.717) is 35.6 Å². The van der Waals surface area contributed by atoms with E-state index in [9.17, 15) is 19.1 Å². The SMILES string of the molecule is C=C(NC)NCc1c2c(nc3cc(F)ccc13)-c1cc(C(O)C=O)c(COC)c(=O)n1C2.CC.CN. The summed E-state index contributed by atoms with van der Waals surface area (Å²) in [5, 5.41) is 17.1. The highest BCUT2D eigenvalue weighted by molar-refractivity contribution is 5.88. The minimum absolute atomic E-state index is 0.0489. The van der Waals surface area contributed by atoms with Gasteiger partial charge in [-0.15, -0.1) is 0 Å². The molecule has 3 aromatic rings. The van der Waals surface area contributed by atoms with E-state index in [-0.39, 0.29) is 29.8 Å². The molecule has 0 amide bonds. The van der Waals surface area contributed by atoms with Gasteiger partial charge in [0.25, 0.3) is 5.56 Å². The number of nitrogens with two attached hydrogens (primary N) is 1. The fraction of sp³-hybridized carbons (Fsp3) is 0.346. The largest absolute Gasteiger partial charge is 0.381 e. The summed E-state index contributed by atoms with van der Waals surface area (Å²) in [5.41, 5.74) is 7.59. The summed E-state index contributed by atoms with van der Waals surface area (Å²) < 4.78 is 20.7. The second-order valence-electron chi connectivity index (χ2n) is 7.53. The summed E-state index contributed by atoms with van der Waals surface area (Å²) in [4.78, 5) is 29.2. The molecule has 0 bridgehead atoms. The van der Waals surface area contributed by atoms with Crippen LogP contribution in [0.2, 0.25) is 0 Å². The van der Waals surface area contributed by atoms with Crippen LogP contribution in [0.25, 0.3) is 22.3 Å². The molecule has 4 rings (SSSR count). The van der Waals surface area contributed by atoms with Gasteiger partial charge in [-0.05, 0) is 30.8 Å². The van der Waals surface area contributed by atoms with Crippen molar-refractivity contribution in [3.05, 3.63) is 75.1 Å². The summed E-state index contributed by atoms with van der Waals surface area (Å²) in [5.74, 6) is 0.184. The summed E-state index contributed by atoms with van der Waals surface area (Å²) in [6, 6.07) is 5.97. The molecule has 0 radical (unpaired) electrons. The van der Waals surface area contributed by atoms with Crippen molar-refractivity contribution in [3.63, 3.8) is 0 Å². The van der Waals surface area contributed by atoms with Crippen LogP contribution in [0.4, 0.5) is 4.39 Å². The van der Waals surface area contributed by atoms with Crippen LogP contribution in [0.3, 0.4) is 0 Å². The number of pyridine rings is 2. The van der Waals surface area contributed by atoms with Gasteiger partial charge in [0, 0.05) is 48.8 Å². The Bertz CT molecular complexity index is 1310. The van der Waals surface area contributed by atoms with Gasteiger partial charge in [0.15, 0.2) is 6.29 Å². The van der Waals surface area contributed by atoms with E-state index in [4.69, 9.17) is 4.74 Å². The predicted octanol–water partition coefficient (Wildman–Crippen LogP) is 2.32. The number of carbonyl (C=O) groups excluding carboxylic acids is 1. The Labute approximate surface area is 209 Å². The van der Waals surface area contributed by atoms with E-state index in [1.807, 2.05) is 13.8 Å². The fourth-order valence-corrected chi connectivity index (χ4v) is 4.06. The van der Waals surface area contributed by atoms with Gasteiger partial charge in [-0.2, -0.15) is 0 Å². The number of hydrogen-bond acceptors (Lipinski definition) is 8. The maximum absolute atomic E-state index is 14.0. The van der Waals surface area contributed by atoms with Crippen LogP contribution in [-0.2, 0) is 29.2 Å². The number of aliphatic hydroxyl groups excluding tert-OH is 1. The highest BCUT2D eigenvalue weighted by atomic mass is 19.1. The van der Waals surface area contributed by atoms with Gasteiger partial charge in [0.05, 0.1) is 35.9 Å². The molecule has 1 aliphatic rings. The Kier molecular flexibility index (Phi) is 10.3. The van der Waals surface area contributed by atoms with Gasteiger partial charge in [0.1, 0.15) is 11.9 Å². The van der Waals surface area contributed by atoms with E-state index in [0.717, 1.165) is 16.5 Å². The van der Waals surface area contributed by atoms with Crippen molar-refractivity contribution in [2.45, 2.75) is 39.6 Å². The van der Waals surface area contributed by atoms with Crippen molar-refractivity contribution in [1.82, 2.24) is 20.2 Å². The zero-order valence-electron chi connectivity index (χ0n) is 21.3. The zero-order chi connectivity index (χ0) is 27.0. The number of rotatable bonds is 8. The average Bonchev–Trinajstić information content (AvgIpc) is 3.28. The quantitative estimate of drug-likeness (QED) is 0.272. The molecule has 0 saturated heterocycles. The van der Waals surface area contributed by atoms with Crippen molar-refractivity contribution in [2.24, 2.45) is 5.73 Å². The molecule has 1 atom stereocenters. The lowest BCUT2D eigenvalue weighted by Crippen LogP contribution is -2.26. The highest BCUT2D eigenvalue weighted by Crippen LogP contribution is 2.37. The standard InChI is InChI=1S/C23H23FN4O4.C2H6.CH5N/c1-12(25-2)26-8-16-14-5-4-13(24)6-19(14)27-22-17(16)9-28-20(22)7-15(21(30)10-29)18(11-32-3)23(28)31;2*1-2/h4-7,10,21,25-26,30H,1,8-9,11H2,2-3H3;1-2H3;2H2,1H3. The number of hydrogen-bond donors (Lipinski definition) is 4. The molecule has 3 heterocycles. The molecule has 36 heavy (non-hydrogen) atoms. The molecule has 9 nitrogen and oxygen atoms in total. The summed E-state index contributed by atoms with van der Waals surface area (Å²) >= 11 is 0. The van der Waals surface area contributed by atoms with Crippen LogP contribution in [0, 0.1) is 5.82 Å². The van der Waals surface area contributed by atoms with Crippen LogP contribution in [0.1, 0.15) is 42.2 Å². The number of ether oxygens (including phenoxy) is 1. The van der Waals surface area contributed by atoms with E-state index in [2.05, 4.69) is 27.9 Å². The lowest BCUT2D eigenvalue weighted by atomic mass is 9.99. The fourth-order valence-electron chi connectivity index (χ4n) is 4.06. The van der Waals surface area contributed by atoms with E-state index >= 15 is 0 Å². The normalized spacial score (nSPS) is 11.8. The molecular formula is C26H34FN5O4. The molecule has 0 fully saturated rings. The molecule has 194 valence electrons. The molecule has 10 heteroatoms. The first-order chi connectivity index (χ1) is 17.4. The maximum atomic E-state index is 14.0. The molecule has 0 spiro atoms. The van der Waals surface area contributed by atoms with Crippen LogP contribution in [0.5, 0.6) is 0 Å². The first kappa shape index (κ1) is 28.6. The number of halogens is 1. The molecule has 5 N–H and O–H groups in total. The van der Waals surface area contributed by atoms with Gasteiger partial charge in [0.2, 0.25) is 0 Å². The second-order valence-corrected chi connectivity index (χ2v) is 7.53. The molecule has 0 aliphatic carbocycles. The summed E-state index contributed by atoms with van der Waals surface area (Å²) in [7, 11) is 4.68. The Hall–Kier alpha value is -3.60. The van der Waals surface area contributed by atoms with E-state index in [1.165, 1.54) is 26.3 Å². The summed E-state index contributed by atoms with van der Waals surface area (Å²) in [6.45, 7) is 8.46. The number of aldehydes is 1. The minimum Gasteiger partial charge on any atom is -0.381 e. The number of methoxy groups -OCH3 is 1. The van der Waals surface area contributed by atoms with Gasteiger partial charge in [-0.25, -0.2) is 9.37 Å². The molecule has 0 saturated carbocycles. The van der Waals surface area contributed by atoms with Gasteiger partial charge in [-0.1, -0.05) is 20.4 Å². The Morgan fingerprint density at radius 2 is 2.03 bits per heavy atom. The van der Waals surface area contributed by atoms with E-state index in [1.54, 1.807) is 23.7 Å². The monoisotopic (exact) mass is 499 g/mol. The second kappa shape index (κ2) is 12.9. The zero-order valence-corrected chi connectivity index (χ0v) is 21.3. The van der Waals surface area contributed by atoms with Crippen molar-refractivity contribution in [1.29, 1.82) is 0 Å². The summed E-state index contributed by atoms with van der Waals surface area (Å²) in [6.07, 6.45) is -1.11. The maximum Gasteiger partial charge on any atom is 0.257 e. The highest BCUT2D eigenvalue weighted by Gasteiger charge is 2.29. The van der Waals surface area contributed by atoms with Gasteiger partial charge < -0.3 is 35.6 Å². The number of nitrogens with zero attached hydrogens (tertiary/aromatic N) is 2. The Balaban J connectivity index is 0.00000109. The number of fused-ring (bicyclic) bond motifs is 4. The van der Waals surface area contributed by atoms with Crippen LogP contribution < -0.4 is 21.9 Å². The van der Waals surface area contributed by atoms with Gasteiger partial charge >= 0.3 is 0 Å². The van der Waals surface area contributed by atoms with E-state index < -0.39 is 11.9 Å². The average molecular weight is 500 g/mol. The minimum atomic E-state index is -1.47. The number of carbonyl (C=O) groups is 1. The number of nitrogens with one attached hydrogen (secondary N) is 2. The third-order valence-corrected chi connectivity index (χ3v) is 5.68. The van der Waals surface area contributed by atoms with Crippen molar-refractivity contribution < 1.29 is 19.0 Å². The van der Waals surface area contributed by atoms with Crippen LogP contribution in [-0.4, -0.2) is 42.1 Å². The lowest BCUT2D eigenvalue weighted by molar-refractivity contribution is -0.115. The molecule has 1 aliphatic heterocycles. The van der Waals surface area contributed by atoms with Crippen molar-refractivity contribution in [2.75, 3.05) is 21.2 Å². The molecule has 1 aromatic carbocycles. The number of aliphatic hydroxyl groups is 1. The number of benzene rings is 1. The smallest absolute Gasteiger partial charge is 0.257 e.